The van der Waals surface area contributed by atoms with Gasteiger partial charge in [0.2, 0.25) is 0 Å². The first-order chi connectivity index (χ1) is 14.6. The van der Waals surface area contributed by atoms with Crippen molar-refractivity contribution in [1.29, 1.82) is 0 Å². The largest absolute Gasteiger partial charge is 0.363 e. The molecule has 1 atom stereocenters. The van der Waals surface area contributed by atoms with Crippen molar-refractivity contribution >= 4 is 46.0 Å². The summed E-state index contributed by atoms with van der Waals surface area (Å²) in [5, 5.41) is 4.57. The van der Waals surface area contributed by atoms with Gasteiger partial charge in [-0.15, -0.1) is 0 Å². The molecule has 4 aromatic rings. The number of nitrogens with zero attached hydrogens (tertiary/aromatic N) is 3. The molecule has 0 aliphatic heterocycles. The molecule has 0 radical (unpaired) electrons. The second kappa shape index (κ2) is 8.85. The zero-order valence-corrected chi connectivity index (χ0v) is 17.9. The number of hydrogen-bond donors (Lipinski definition) is 2. The molecule has 1 unspecified atom stereocenters. The van der Waals surface area contributed by atoms with Crippen LogP contribution in [0.5, 0.6) is 0 Å². The molecule has 5 nitrogen and oxygen atoms in total. The molecule has 0 fully saturated rings. The predicted octanol–water partition coefficient (Wildman–Crippen LogP) is 6.35. The number of halogens is 2. The second-order valence-corrected chi connectivity index (χ2v) is 7.68. The summed E-state index contributed by atoms with van der Waals surface area (Å²) in [4.78, 5) is 13.0. The summed E-state index contributed by atoms with van der Waals surface area (Å²) in [5.74, 6) is 0.389. The first-order valence-electron chi connectivity index (χ1n) is 9.27. The molecule has 0 spiro atoms. The first-order valence-corrected chi connectivity index (χ1v) is 10.9. The monoisotopic (exact) mass is 439 g/mol. The molecule has 152 valence electrons. The number of hydrogen-bond acceptors (Lipinski definition) is 6. The van der Waals surface area contributed by atoms with E-state index in [-0.39, 0.29) is 11.9 Å². The van der Waals surface area contributed by atoms with E-state index in [1.54, 1.807) is 18.3 Å². The fraction of sp³-hybridized carbons (Fsp3) is 0.136. The van der Waals surface area contributed by atoms with Crippen LogP contribution in [0, 0.1) is 5.82 Å². The molecule has 8 heteroatoms. The third-order valence-electron chi connectivity index (χ3n) is 4.74. The van der Waals surface area contributed by atoms with Crippen molar-refractivity contribution in [3.63, 3.8) is 0 Å². The van der Waals surface area contributed by atoms with E-state index < -0.39 is 0 Å². The van der Waals surface area contributed by atoms with Gasteiger partial charge in [0.05, 0.1) is 17.2 Å². The smallest absolute Gasteiger partial charge is 0.152 e. The van der Waals surface area contributed by atoms with E-state index in [1.807, 2.05) is 43.5 Å². The molecule has 2 aromatic heterocycles. The maximum atomic E-state index is 14.2. The summed E-state index contributed by atoms with van der Waals surface area (Å²) < 4.78 is 17.3. The molecule has 0 aliphatic rings. The van der Waals surface area contributed by atoms with Crippen LogP contribution in [0.3, 0.4) is 0 Å². The molecular weight excluding hydrogens is 421 g/mol. The lowest BCUT2D eigenvalue weighted by Gasteiger charge is -2.17. The van der Waals surface area contributed by atoms with Crippen molar-refractivity contribution < 1.29 is 4.39 Å². The molecule has 0 saturated carbocycles. The minimum absolute atomic E-state index is 0.252. The summed E-state index contributed by atoms with van der Waals surface area (Å²) in [6.45, 7) is 1.90. The molecular formula is C22H19ClFN5S. The van der Waals surface area contributed by atoms with Gasteiger partial charge >= 0.3 is 0 Å². The Morgan fingerprint density at radius 2 is 1.87 bits per heavy atom. The number of fused-ring (bicyclic) bond motifs is 1. The van der Waals surface area contributed by atoms with Crippen LogP contribution < -0.4 is 10.0 Å². The van der Waals surface area contributed by atoms with Crippen LogP contribution in [0.15, 0.2) is 61.1 Å². The van der Waals surface area contributed by atoms with E-state index in [0.717, 1.165) is 27.7 Å². The summed E-state index contributed by atoms with van der Waals surface area (Å²) in [6, 6.07) is 14.3. The average molecular weight is 440 g/mol. The number of nitrogens with one attached hydrogen (secondary N) is 2. The molecule has 0 amide bonds. The van der Waals surface area contributed by atoms with Gasteiger partial charge in [-0.2, -0.15) is 0 Å². The van der Waals surface area contributed by atoms with E-state index >= 15 is 0 Å². The van der Waals surface area contributed by atoms with Crippen molar-refractivity contribution in [2.24, 2.45) is 0 Å². The lowest BCUT2D eigenvalue weighted by molar-refractivity contribution is 0.600. The third-order valence-corrected chi connectivity index (χ3v) is 5.47. The Labute approximate surface area is 183 Å². The second-order valence-electron chi connectivity index (χ2n) is 6.71. The summed E-state index contributed by atoms with van der Waals surface area (Å²) in [5.41, 5.74) is 3.98. The van der Waals surface area contributed by atoms with Gasteiger partial charge in [-0.3, -0.25) is 0 Å². The van der Waals surface area contributed by atoms with Crippen LogP contribution >= 0.6 is 23.5 Å². The Balaban J connectivity index is 1.73. The molecule has 2 N–H and O–H groups in total. The highest BCUT2D eigenvalue weighted by Crippen LogP contribution is 2.32. The molecule has 0 saturated heterocycles. The van der Waals surface area contributed by atoms with Crippen LogP contribution in [0.25, 0.3) is 22.0 Å². The molecule has 0 aliphatic carbocycles. The van der Waals surface area contributed by atoms with E-state index in [4.69, 9.17) is 11.6 Å². The highest BCUT2D eigenvalue weighted by molar-refractivity contribution is 7.99. The van der Waals surface area contributed by atoms with Gasteiger partial charge in [0.25, 0.3) is 0 Å². The van der Waals surface area contributed by atoms with Crippen LogP contribution in [0.2, 0.25) is 5.15 Å². The maximum absolute atomic E-state index is 14.2. The Hall–Kier alpha value is -2.90. The first kappa shape index (κ1) is 20.4. The molecule has 2 aromatic carbocycles. The minimum Gasteiger partial charge on any atom is -0.363 e. The normalized spacial score (nSPS) is 12.0. The van der Waals surface area contributed by atoms with Gasteiger partial charge in [0.15, 0.2) is 5.15 Å². The van der Waals surface area contributed by atoms with Crippen LogP contribution in [0.1, 0.15) is 18.5 Å². The number of aromatic nitrogens is 3. The van der Waals surface area contributed by atoms with Gasteiger partial charge in [0, 0.05) is 29.0 Å². The molecule has 30 heavy (non-hydrogen) atoms. The zero-order chi connectivity index (χ0) is 21.1. The predicted molar refractivity (Wildman–Crippen MR) is 123 cm³/mol. The van der Waals surface area contributed by atoms with Crippen LogP contribution in [-0.4, -0.2) is 21.2 Å². The average Bonchev–Trinajstić information content (AvgIpc) is 2.75. The maximum Gasteiger partial charge on any atom is 0.152 e. The zero-order valence-electron chi connectivity index (χ0n) is 16.4. The van der Waals surface area contributed by atoms with Crippen molar-refractivity contribution in [2.75, 3.05) is 16.3 Å². The van der Waals surface area contributed by atoms with Gasteiger partial charge in [-0.25, -0.2) is 19.3 Å². The molecule has 2 heterocycles. The van der Waals surface area contributed by atoms with E-state index in [1.165, 1.54) is 24.3 Å². The quantitative estimate of drug-likeness (QED) is 0.269. The Bertz CT molecular complexity index is 1200. The molecule has 4 rings (SSSR count). The third kappa shape index (κ3) is 4.17. The van der Waals surface area contributed by atoms with Gasteiger partial charge in [0.1, 0.15) is 18.0 Å². The number of benzene rings is 2. The standard InChI is InChI=1S/C22H19ClFN5S/c1-13(16-5-3-4-6-18(16)24)28-22-17-9-14(7-8-19(17)26-12-27-22)15-10-20(29-30-2)21(23)25-11-15/h3-13,29H,1-2H3,(H,26,27,28). The van der Waals surface area contributed by atoms with Crippen molar-refractivity contribution in [2.45, 2.75) is 13.0 Å². The molecule has 0 bridgehead atoms. The van der Waals surface area contributed by atoms with Gasteiger partial charge < -0.3 is 10.0 Å². The Morgan fingerprint density at radius 3 is 2.67 bits per heavy atom. The van der Waals surface area contributed by atoms with E-state index in [2.05, 4.69) is 25.0 Å². The van der Waals surface area contributed by atoms with Crippen molar-refractivity contribution in [3.8, 4) is 11.1 Å². The highest BCUT2D eigenvalue weighted by atomic mass is 35.5. The topological polar surface area (TPSA) is 62.7 Å². The Morgan fingerprint density at radius 1 is 1.03 bits per heavy atom. The van der Waals surface area contributed by atoms with Crippen LogP contribution in [-0.2, 0) is 0 Å². The lowest BCUT2D eigenvalue weighted by atomic mass is 10.0. The van der Waals surface area contributed by atoms with E-state index in [0.29, 0.717) is 16.5 Å². The Kier molecular flexibility index (Phi) is 6.01. The number of pyridine rings is 1. The van der Waals surface area contributed by atoms with Gasteiger partial charge in [-0.05, 0) is 36.8 Å². The summed E-state index contributed by atoms with van der Waals surface area (Å²) >= 11 is 7.61. The fourth-order valence-corrected chi connectivity index (χ4v) is 3.83. The highest BCUT2D eigenvalue weighted by Gasteiger charge is 2.14. The van der Waals surface area contributed by atoms with Crippen molar-refractivity contribution in [1.82, 2.24) is 15.0 Å². The minimum atomic E-state index is -0.262. The fourth-order valence-electron chi connectivity index (χ4n) is 3.25. The summed E-state index contributed by atoms with van der Waals surface area (Å²) in [6.07, 6.45) is 5.15. The number of anilines is 2. The van der Waals surface area contributed by atoms with Crippen molar-refractivity contribution in [3.05, 3.63) is 77.6 Å². The SMILES string of the molecule is CSNc1cc(-c2ccc3ncnc(NC(C)c4ccccc4F)c3c2)cnc1Cl. The van der Waals surface area contributed by atoms with Gasteiger partial charge in [-0.1, -0.05) is 47.8 Å². The lowest BCUT2D eigenvalue weighted by Crippen LogP contribution is -2.10. The van der Waals surface area contributed by atoms with Crippen LogP contribution in [0.4, 0.5) is 15.9 Å². The number of rotatable bonds is 6. The van der Waals surface area contributed by atoms with E-state index in [9.17, 15) is 4.39 Å². The summed E-state index contributed by atoms with van der Waals surface area (Å²) in [7, 11) is 0.